The summed E-state index contributed by atoms with van der Waals surface area (Å²) < 4.78 is 41.3. The van der Waals surface area contributed by atoms with Gasteiger partial charge in [-0.15, -0.1) is 0 Å². The number of nitrogens with zero attached hydrogens (tertiary/aromatic N) is 2. The molecule has 1 saturated carbocycles. The van der Waals surface area contributed by atoms with Crippen molar-refractivity contribution in [1.82, 2.24) is 14.8 Å². The Labute approximate surface area is 174 Å². The highest BCUT2D eigenvalue weighted by atomic mass is 19.4. The van der Waals surface area contributed by atoms with E-state index in [0.717, 1.165) is 30.0 Å². The number of alkyl halides is 3. The maximum atomic E-state index is 13.5. The fraction of sp³-hybridized carbons (Fsp3) is 0.579. The fourth-order valence-corrected chi connectivity index (χ4v) is 4.07. The Kier molecular flexibility index (Phi) is 6.01. The zero-order valence-corrected chi connectivity index (χ0v) is 16.6. The van der Waals surface area contributed by atoms with E-state index in [1.54, 1.807) is 0 Å². The summed E-state index contributed by atoms with van der Waals surface area (Å²) in [5, 5.41) is 21.9. The predicted molar refractivity (Wildman–Crippen MR) is 99.8 cm³/mol. The monoisotopic (exact) mass is 445 g/mol. The minimum absolute atomic E-state index is 0.238. The number of nitrogens with one attached hydrogen (secondary N) is 1. The number of fused-ring (bicyclic) bond motifs is 1. The van der Waals surface area contributed by atoms with Crippen molar-refractivity contribution >= 4 is 17.8 Å². The smallest absolute Gasteiger partial charge is 0.408 e. The number of hydrogen-bond donors (Lipinski definition) is 3. The molecule has 1 aromatic heterocycles. The number of carbonyl (C=O) groups excluding carboxylic acids is 2. The molecule has 2 atom stereocenters. The highest BCUT2D eigenvalue weighted by Gasteiger charge is 2.50. The van der Waals surface area contributed by atoms with Crippen molar-refractivity contribution in [3.05, 3.63) is 27.7 Å². The van der Waals surface area contributed by atoms with Gasteiger partial charge >= 0.3 is 12.1 Å². The Balaban J connectivity index is 2.06. The second-order valence-corrected chi connectivity index (χ2v) is 7.82. The van der Waals surface area contributed by atoms with Crippen LogP contribution in [0.4, 0.5) is 13.2 Å². The van der Waals surface area contributed by atoms with Gasteiger partial charge in [-0.25, -0.2) is 4.79 Å². The zero-order chi connectivity index (χ0) is 23.1. The van der Waals surface area contributed by atoms with E-state index in [-0.39, 0.29) is 6.04 Å². The Morgan fingerprint density at radius 3 is 2.35 bits per heavy atom. The van der Waals surface area contributed by atoms with Gasteiger partial charge in [0.15, 0.2) is 11.4 Å². The molecule has 1 aliphatic heterocycles. The van der Waals surface area contributed by atoms with E-state index in [1.165, 1.54) is 0 Å². The molecule has 0 spiro atoms. The summed E-state index contributed by atoms with van der Waals surface area (Å²) >= 11 is 0. The lowest BCUT2D eigenvalue weighted by Gasteiger charge is -2.41. The minimum Gasteiger partial charge on any atom is -0.503 e. The first-order valence-electron chi connectivity index (χ1n) is 9.83. The lowest BCUT2D eigenvalue weighted by molar-refractivity contribution is -0.179. The van der Waals surface area contributed by atoms with Gasteiger partial charge in [0.1, 0.15) is 17.6 Å². The first-order valence-corrected chi connectivity index (χ1v) is 9.83. The number of carboxylic acid groups (broad SMARTS) is 1. The van der Waals surface area contributed by atoms with Crippen LogP contribution in [0.25, 0.3) is 0 Å². The molecule has 0 unspecified atom stereocenters. The van der Waals surface area contributed by atoms with Gasteiger partial charge in [0.05, 0.1) is 6.54 Å². The Bertz CT molecular complexity index is 968. The van der Waals surface area contributed by atoms with E-state index in [4.69, 9.17) is 5.11 Å². The van der Waals surface area contributed by atoms with Crippen LogP contribution in [0.1, 0.15) is 59.9 Å². The molecule has 2 aliphatic rings. The summed E-state index contributed by atoms with van der Waals surface area (Å²) in [5.74, 6) is -5.14. The topological polar surface area (TPSA) is 129 Å². The number of carbonyl (C=O) groups is 3. The number of rotatable bonds is 4. The number of carboxylic acids is 1. The number of hydrogen-bond acceptors (Lipinski definition) is 5. The maximum Gasteiger partial charge on any atom is 0.408 e. The molecule has 3 N–H and O–H groups in total. The van der Waals surface area contributed by atoms with Gasteiger partial charge in [-0.3, -0.25) is 14.4 Å². The van der Waals surface area contributed by atoms with Gasteiger partial charge < -0.3 is 25.0 Å². The molecule has 9 nitrogen and oxygen atoms in total. The van der Waals surface area contributed by atoms with Crippen LogP contribution in [0.5, 0.6) is 5.75 Å². The van der Waals surface area contributed by atoms with Crippen LogP contribution < -0.4 is 10.7 Å². The largest absolute Gasteiger partial charge is 0.503 e. The van der Waals surface area contributed by atoms with Crippen LogP contribution in [-0.4, -0.2) is 61.8 Å². The summed E-state index contributed by atoms with van der Waals surface area (Å²) in [6.07, 6.45) is -0.0908. The zero-order valence-electron chi connectivity index (χ0n) is 16.6. The summed E-state index contributed by atoms with van der Waals surface area (Å²) in [5.41, 5.74) is -3.04. The number of aromatic nitrogens is 1. The standard InChI is InChI=1S/C19H22F3N3O6/c1-9(19(20,21)22)25-12(16(28)23-10-5-3-2-4-6-10)8-24-7-11(18(30)31)14(26)15(27)13(24)17(25)29/h7,9-10,12,27H,2-6,8H2,1H3,(H,23,28)(H,30,31)/t9-,12-/m0/s1. The van der Waals surface area contributed by atoms with Gasteiger partial charge in [0, 0.05) is 12.2 Å². The van der Waals surface area contributed by atoms with Crippen molar-refractivity contribution in [3.63, 3.8) is 0 Å². The van der Waals surface area contributed by atoms with Gasteiger partial charge in [0.25, 0.3) is 5.91 Å². The van der Waals surface area contributed by atoms with Crippen LogP contribution in [0.15, 0.2) is 11.0 Å². The number of pyridine rings is 1. The van der Waals surface area contributed by atoms with Crippen molar-refractivity contribution < 1.29 is 37.8 Å². The SMILES string of the molecule is C[C@H](N1C(=O)c2c(O)c(=O)c(C(=O)O)cn2C[C@H]1C(=O)NC1CCCCC1)C(F)(F)F. The first kappa shape index (κ1) is 22.6. The number of amides is 2. The normalized spacial score (nSPS) is 20.8. The summed E-state index contributed by atoms with van der Waals surface area (Å²) in [6, 6.07) is -4.23. The third-order valence-electron chi connectivity index (χ3n) is 5.77. The summed E-state index contributed by atoms with van der Waals surface area (Å²) in [4.78, 5) is 49.5. The molecule has 31 heavy (non-hydrogen) atoms. The van der Waals surface area contributed by atoms with E-state index in [0.29, 0.717) is 24.7 Å². The lowest BCUT2D eigenvalue weighted by atomic mass is 9.95. The molecule has 3 rings (SSSR count). The minimum atomic E-state index is -4.88. The van der Waals surface area contributed by atoms with Gasteiger partial charge in [0.2, 0.25) is 11.3 Å². The van der Waals surface area contributed by atoms with Gasteiger partial charge in [-0.05, 0) is 19.8 Å². The van der Waals surface area contributed by atoms with E-state index < -0.39 is 65.0 Å². The van der Waals surface area contributed by atoms with Crippen molar-refractivity contribution in [2.24, 2.45) is 0 Å². The Morgan fingerprint density at radius 1 is 1.19 bits per heavy atom. The molecule has 0 aromatic carbocycles. The summed E-state index contributed by atoms with van der Waals surface area (Å²) in [7, 11) is 0. The molecule has 0 bridgehead atoms. The van der Waals surface area contributed by atoms with E-state index in [9.17, 15) is 37.5 Å². The lowest BCUT2D eigenvalue weighted by Crippen LogP contribution is -2.62. The number of halogens is 3. The summed E-state index contributed by atoms with van der Waals surface area (Å²) in [6.45, 7) is 0.156. The second kappa shape index (κ2) is 8.23. The van der Waals surface area contributed by atoms with E-state index in [1.807, 2.05) is 0 Å². The molecule has 12 heteroatoms. The third kappa shape index (κ3) is 4.23. The number of aromatic hydroxyl groups is 1. The van der Waals surface area contributed by atoms with Crippen LogP contribution in [0.2, 0.25) is 0 Å². The van der Waals surface area contributed by atoms with Gasteiger partial charge in [-0.2, -0.15) is 13.2 Å². The molecule has 0 radical (unpaired) electrons. The predicted octanol–water partition coefficient (Wildman–Crippen LogP) is 1.48. The van der Waals surface area contributed by atoms with Crippen molar-refractivity contribution in [2.75, 3.05) is 0 Å². The van der Waals surface area contributed by atoms with Crippen LogP contribution in [-0.2, 0) is 11.3 Å². The number of aromatic carboxylic acids is 1. The molecule has 0 saturated heterocycles. The highest BCUT2D eigenvalue weighted by Crippen LogP contribution is 2.32. The van der Waals surface area contributed by atoms with Crippen molar-refractivity contribution in [1.29, 1.82) is 0 Å². The molecular weight excluding hydrogens is 423 g/mol. The van der Waals surface area contributed by atoms with Crippen LogP contribution >= 0.6 is 0 Å². The molecule has 170 valence electrons. The molecule has 2 heterocycles. The molecule has 1 aliphatic carbocycles. The molecular formula is C19H22F3N3O6. The molecule has 1 fully saturated rings. The molecule has 1 aromatic rings. The fourth-order valence-electron chi connectivity index (χ4n) is 4.07. The maximum absolute atomic E-state index is 13.5. The third-order valence-corrected chi connectivity index (χ3v) is 5.77. The van der Waals surface area contributed by atoms with E-state index in [2.05, 4.69) is 5.32 Å². The van der Waals surface area contributed by atoms with Crippen LogP contribution in [0, 0.1) is 0 Å². The highest BCUT2D eigenvalue weighted by molar-refractivity contribution is 6.00. The average Bonchev–Trinajstić information content (AvgIpc) is 2.69. The van der Waals surface area contributed by atoms with Crippen LogP contribution in [0.3, 0.4) is 0 Å². The Hall–Kier alpha value is -3.05. The molecule has 2 amide bonds. The first-order chi connectivity index (χ1) is 14.4. The van der Waals surface area contributed by atoms with Gasteiger partial charge in [-0.1, -0.05) is 19.3 Å². The average molecular weight is 445 g/mol. The van der Waals surface area contributed by atoms with E-state index >= 15 is 0 Å². The van der Waals surface area contributed by atoms with Crippen molar-refractivity contribution in [3.8, 4) is 5.75 Å². The van der Waals surface area contributed by atoms with Crippen molar-refractivity contribution in [2.45, 2.75) is 69.9 Å². The Morgan fingerprint density at radius 2 is 1.81 bits per heavy atom. The quantitative estimate of drug-likeness (QED) is 0.644. The second-order valence-electron chi connectivity index (χ2n) is 7.82.